The SMILES string of the molecule is CC(C)c1cnn2c(NC3CCc4[nH]c5ccccc5c4C3)cc(-c3cncc(F)c3)nc12. The Hall–Kier alpha value is -3.74. The van der Waals surface area contributed by atoms with Crippen LogP contribution in [0.4, 0.5) is 10.2 Å². The molecule has 2 N–H and O–H groups in total. The zero-order valence-electron chi connectivity index (χ0n) is 18.6. The number of aromatic amines is 1. The van der Waals surface area contributed by atoms with E-state index in [0.717, 1.165) is 36.3 Å². The van der Waals surface area contributed by atoms with Crippen molar-refractivity contribution >= 4 is 22.4 Å². The van der Waals surface area contributed by atoms with E-state index < -0.39 is 0 Å². The summed E-state index contributed by atoms with van der Waals surface area (Å²) < 4.78 is 15.8. The van der Waals surface area contributed by atoms with E-state index in [-0.39, 0.29) is 17.8 Å². The highest BCUT2D eigenvalue weighted by atomic mass is 19.1. The van der Waals surface area contributed by atoms with Crippen molar-refractivity contribution in [1.29, 1.82) is 0 Å². The zero-order valence-corrected chi connectivity index (χ0v) is 18.6. The summed E-state index contributed by atoms with van der Waals surface area (Å²) in [6.07, 6.45) is 7.67. The van der Waals surface area contributed by atoms with Crippen molar-refractivity contribution in [2.45, 2.75) is 45.1 Å². The molecule has 166 valence electrons. The molecule has 6 rings (SSSR count). The van der Waals surface area contributed by atoms with Crippen LogP contribution in [-0.4, -0.2) is 30.6 Å². The average Bonchev–Trinajstić information content (AvgIpc) is 3.41. The van der Waals surface area contributed by atoms with Crippen molar-refractivity contribution in [2.75, 3.05) is 5.32 Å². The number of nitrogens with zero attached hydrogens (tertiary/aromatic N) is 4. The van der Waals surface area contributed by atoms with Gasteiger partial charge in [0, 0.05) is 46.0 Å². The third kappa shape index (κ3) is 3.44. The molecule has 4 heterocycles. The number of aryl methyl sites for hydroxylation is 1. The summed E-state index contributed by atoms with van der Waals surface area (Å²) >= 11 is 0. The monoisotopic (exact) mass is 440 g/mol. The fourth-order valence-electron chi connectivity index (χ4n) is 4.89. The van der Waals surface area contributed by atoms with E-state index in [1.807, 2.05) is 16.8 Å². The standard InChI is InChI=1S/C26H25FN6/c1-15(2)21-14-29-33-25(11-24(32-26(21)33)16-9-17(27)13-28-12-16)30-18-7-8-23-20(10-18)19-5-3-4-6-22(19)31-23/h3-6,9,11-15,18,30-31H,7-8,10H2,1-2H3. The van der Waals surface area contributed by atoms with E-state index in [4.69, 9.17) is 4.98 Å². The Morgan fingerprint density at radius 1 is 1.15 bits per heavy atom. The van der Waals surface area contributed by atoms with Crippen LogP contribution in [0.15, 0.2) is 55.0 Å². The molecular formula is C26H25FN6. The fraction of sp³-hybridized carbons (Fsp3) is 0.269. The van der Waals surface area contributed by atoms with Crippen LogP contribution in [-0.2, 0) is 12.8 Å². The van der Waals surface area contributed by atoms with Gasteiger partial charge in [0.25, 0.3) is 0 Å². The molecule has 7 heteroatoms. The molecule has 0 radical (unpaired) electrons. The lowest BCUT2D eigenvalue weighted by Gasteiger charge is -2.25. The van der Waals surface area contributed by atoms with Crippen LogP contribution in [0, 0.1) is 5.82 Å². The van der Waals surface area contributed by atoms with Gasteiger partial charge in [-0.15, -0.1) is 0 Å². The summed E-state index contributed by atoms with van der Waals surface area (Å²) in [4.78, 5) is 12.4. The highest BCUT2D eigenvalue weighted by Gasteiger charge is 2.24. The number of H-pyrrole nitrogens is 1. The van der Waals surface area contributed by atoms with E-state index in [1.54, 1.807) is 6.20 Å². The van der Waals surface area contributed by atoms with Crippen molar-refractivity contribution in [2.24, 2.45) is 0 Å². The predicted molar refractivity (Wildman–Crippen MR) is 128 cm³/mol. The number of benzene rings is 1. The van der Waals surface area contributed by atoms with Crippen molar-refractivity contribution in [3.63, 3.8) is 0 Å². The van der Waals surface area contributed by atoms with E-state index in [9.17, 15) is 4.39 Å². The topological polar surface area (TPSA) is 70.9 Å². The Morgan fingerprint density at radius 2 is 2.03 bits per heavy atom. The average molecular weight is 441 g/mol. The second-order valence-electron chi connectivity index (χ2n) is 9.12. The van der Waals surface area contributed by atoms with Gasteiger partial charge in [0.15, 0.2) is 5.65 Å². The third-order valence-corrected chi connectivity index (χ3v) is 6.57. The van der Waals surface area contributed by atoms with Gasteiger partial charge in [-0.1, -0.05) is 32.0 Å². The van der Waals surface area contributed by atoms with Crippen LogP contribution in [0.1, 0.15) is 43.0 Å². The molecule has 0 aliphatic heterocycles. The molecule has 5 aromatic rings. The summed E-state index contributed by atoms with van der Waals surface area (Å²) in [5.74, 6) is 0.757. The van der Waals surface area contributed by atoms with E-state index in [1.165, 1.54) is 34.4 Å². The maximum Gasteiger partial charge on any atom is 0.161 e. The molecule has 1 aliphatic carbocycles. The summed E-state index contributed by atoms with van der Waals surface area (Å²) in [5.41, 5.74) is 7.11. The Morgan fingerprint density at radius 3 is 2.88 bits per heavy atom. The lowest BCUT2D eigenvalue weighted by Crippen LogP contribution is -2.28. The van der Waals surface area contributed by atoms with E-state index >= 15 is 0 Å². The van der Waals surface area contributed by atoms with Crippen LogP contribution in [0.25, 0.3) is 27.8 Å². The maximum absolute atomic E-state index is 13.9. The molecule has 1 unspecified atom stereocenters. The van der Waals surface area contributed by atoms with Crippen molar-refractivity contribution < 1.29 is 4.39 Å². The van der Waals surface area contributed by atoms with Gasteiger partial charge in [-0.3, -0.25) is 4.98 Å². The number of para-hydroxylation sites is 1. The van der Waals surface area contributed by atoms with Gasteiger partial charge >= 0.3 is 0 Å². The van der Waals surface area contributed by atoms with Gasteiger partial charge in [-0.25, -0.2) is 9.37 Å². The predicted octanol–water partition coefficient (Wildman–Crippen LogP) is 5.50. The molecule has 1 aliphatic rings. The number of hydrogen-bond acceptors (Lipinski definition) is 4. The first-order chi connectivity index (χ1) is 16.1. The molecule has 1 atom stereocenters. The molecule has 0 saturated carbocycles. The Labute approximate surface area is 190 Å². The minimum absolute atomic E-state index is 0.257. The molecule has 0 amide bonds. The zero-order chi connectivity index (χ0) is 22.5. The van der Waals surface area contributed by atoms with Crippen LogP contribution >= 0.6 is 0 Å². The number of fused-ring (bicyclic) bond motifs is 4. The Balaban J connectivity index is 1.41. The largest absolute Gasteiger partial charge is 0.367 e. The molecule has 0 spiro atoms. The van der Waals surface area contributed by atoms with Gasteiger partial charge in [-0.05, 0) is 42.9 Å². The highest BCUT2D eigenvalue weighted by molar-refractivity contribution is 5.85. The van der Waals surface area contributed by atoms with E-state index in [0.29, 0.717) is 11.3 Å². The summed E-state index contributed by atoms with van der Waals surface area (Å²) in [6.45, 7) is 4.25. The first kappa shape index (κ1) is 19.9. The number of hydrogen-bond donors (Lipinski definition) is 2. The Bertz CT molecular complexity index is 1480. The minimum Gasteiger partial charge on any atom is -0.367 e. The number of rotatable bonds is 4. The normalized spacial score (nSPS) is 15.9. The number of aromatic nitrogens is 5. The molecule has 4 aromatic heterocycles. The summed E-state index contributed by atoms with van der Waals surface area (Å²) in [6, 6.07) is 12.2. The summed E-state index contributed by atoms with van der Waals surface area (Å²) in [5, 5.41) is 9.66. The van der Waals surface area contributed by atoms with Gasteiger partial charge in [0.05, 0.1) is 18.1 Å². The van der Waals surface area contributed by atoms with Gasteiger partial charge in [0.1, 0.15) is 11.6 Å². The second kappa shape index (κ2) is 7.69. The van der Waals surface area contributed by atoms with Gasteiger partial charge in [0.2, 0.25) is 0 Å². The van der Waals surface area contributed by atoms with E-state index in [2.05, 4.69) is 58.5 Å². The number of pyridine rings is 1. The highest BCUT2D eigenvalue weighted by Crippen LogP contribution is 2.32. The molecule has 33 heavy (non-hydrogen) atoms. The maximum atomic E-state index is 13.9. The van der Waals surface area contributed by atoms with Crippen LogP contribution < -0.4 is 5.32 Å². The Kier molecular flexibility index (Phi) is 4.64. The van der Waals surface area contributed by atoms with Gasteiger partial charge < -0.3 is 10.3 Å². The van der Waals surface area contributed by atoms with Crippen LogP contribution in [0.5, 0.6) is 0 Å². The van der Waals surface area contributed by atoms with Crippen molar-refractivity contribution in [1.82, 2.24) is 24.6 Å². The van der Waals surface area contributed by atoms with Gasteiger partial charge in [-0.2, -0.15) is 9.61 Å². The minimum atomic E-state index is -0.375. The van der Waals surface area contributed by atoms with Crippen molar-refractivity contribution in [3.8, 4) is 11.3 Å². The van der Waals surface area contributed by atoms with Crippen molar-refractivity contribution in [3.05, 3.63) is 77.6 Å². The van der Waals surface area contributed by atoms with Crippen LogP contribution in [0.3, 0.4) is 0 Å². The molecule has 6 nitrogen and oxygen atoms in total. The third-order valence-electron chi connectivity index (χ3n) is 6.57. The lowest BCUT2D eigenvalue weighted by molar-refractivity contribution is 0.603. The molecule has 0 bridgehead atoms. The molecular weight excluding hydrogens is 415 g/mol. The molecule has 0 saturated heterocycles. The first-order valence-corrected chi connectivity index (χ1v) is 11.4. The van der Waals surface area contributed by atoms with Crippen LogP contribution in [0.2, 0.25) is 0 Å². The first-order valence-electron chi connectivity index (χ1n) is 11.4. The quantitative estimate of drug-likeness (QED) is 0.387. The molecule has 0 fully saturated rings. The number of anilines is 1. The number of nitrogens with one attached hydrogen (secondary N) is 2. The number of halogens is 1. The second-order valence-corrected chi connectivity index (χ2v) is 9.12. The smallest absolute Gasteiger partial charge is 0.161 e. The molecule has 1 aromatic carbocycles. The summed E-state index contributed by atoms with van der Waals surface area (Å²) in [7, 11) is 0. The lowest BCUT2D eigenvalue weighted by atomic mass is 9.91. The fourth-order valence-corrected chi connectivity index (χ4v) is 4.89.